The van der Waals surface area contributed by atoms with Crippen LogP contribution in [0.2, 0.25) is 0 Å². The van der Waals surface area contributed by atoms with Crippen LogP contribution in [0.4, 0.5) is 17.1 Å². The molecule has 226 valence electrons. The summed E-state index contributed by atoms with van der Waals surface area (Å²) in [5.74, 6) is -1.22. The maximum Gasteiger partial charge on any atom is 0.271 e. The van der Waals surface area contributed by atoms with E-state index in [9.17, 15) is 29.9 Å². The molecule has 0 radical (unpaired) electrons. The van der Waals surface area contributed by atoms with Gasteiger partial charge in [-0.3, -0.25) is 19.7 Å². The number of alkyl halides is 2. The number of nitro benzene ring substituents is 1. The van der Waals surface area contributed by atoms with Crippen LogP contribution in [0, 0.1) is 10.1 Å². The van der Waals surface area contributed by atoms with E-state index >= 15 is 0 Å². The van der Waals surface area contributed by atoms with Crippen LogP contribution in [0.3, 0.4) is 0 Å². The summed E-state index contributed by atoms with van der Waals surface area (Å²) < 4.78 is 0. The molecule has 0 saturated heterocycles. The van der Waals surface area contributed by atoms with Crippen LogP contribution in [0.25, 0.3) is 21.5 Å². The van der Waals surface area contributed by atoms with Crippen molar-refractivity contribution in [1.82, 2.24) is 0 Å². The Labute approximate surface area is 267 Å². The van der Waals surface area contributed by atoms with E-state index < -0.39 is 22.4 Å². The lowest BCUT2D eigenvalue weighted by molar-refractivity contribution is -0.384. The minimum absolute atomic E-state index is 0.00963. The fourth-order valence-electron chi connectivity index (χ4n) is 6.77. The summed E-state index contributed by atoms with van der Waals surface area (Å²) in [6.45, 7) is 0.390. The number of carbonyl (C=O) groups excluding carboxylic acids is 2. The van der Waals surface area contributed by atoms with Gasteiger partial charge in [-0.2, -0.15) is 0 Å². The molecular weight excluding hydrogens is 617 g/mol. The number of rotatable bonds is 5. The Morgan fingerprint density at radius 2 is 1.11 bits per heavy atom. The Kier molecular flexibility index (Phi) is 7.02. The number of nitro groups is 1. The van der Waals surface area contributed by atoms with E-state index in [4.69, 9.17) is 23.2 Å². The second-order valence-corrected chi connectivity index (χ2v) is 11.9. The fraction of sp³-hybridized carbons (Fsp3) is 0.176. The van der Waals surface area contributed by atoms with Crippen molar-refractivity contribution in [2.45, 2.75) is 11.8 Å². The maximum atomic E-state index is 14.1. The number of anilines is 2. The van der Waals surface area contributed by atoms with Gasteiger partial charge in [0.1, 0.15) is 11.5 Å². The van der Waals surface area contributed by atoms with E-state index in [2.05, 4.69) is 0 Å². The molecule has 2 aliphatic heterocycles. The van der Waals surface area contributed by atoms with Crippen LogP contribution in [-0.4, -0.2) is 51.8 Å². The predicted octanol–water partition coefficient (Wildman–Crippen LogP) is 7.28. The average Bonchev–Trinajstić information content (AvgIpc) is 3.62. The highest BCUT2D eigenvalue weighted by atomic mass is 35.5. The van der Waals surface area contributed by atoms with Crippen LogP contribution in [0.1, 0.15) is 43.7 Å². The van der Waals surface area contributed by atoms with Gasteiger partial charge >= 0.3 is 0 Å². The van der Waals surface area contributed by atoms with Crippen molar-refractivity contribution >= 4 is 73.6 Å². The topological polar surface area (TPSA) is 124 Å². The molecule has 2 heterocycles. The number of aromatic hydroxyl groups is 2. The number of fused-ring (bicyclic) bond motifs is 6. The molecule has 0 aliphatic carbocycles. The van der Waals surface area contributed by atoms with Crippen molar-refractivity contribution in [2.75, 3.05) is 34.6 Å². The molecule has 0 unspecified atom stereocenters. The smallest absolute Gasteiger partial charge is 0.271 e. The second kappa shape index (κ2) is 10.9. The highest BCUT2D eigenvalue weighted by Crippen LogP contribution is 2.47. The van der Waals surface area contributed by atoms with Gasteiger partial charge in [0.05, 0.1) is 16.3 Å². The molecule has 45 heavy (non-hydrogen) atoms. The van der Waals surface area contributed by atoms with Gasteiger partial charge in [0.25, 0.3) is 17.5 Å². The number of nitrogens with zero attached hydrogens (tertiary/aromatic N) is 3. The zero-order valence-corrected chi connectivity index (χ0v) is 25.1. The Morgan fingerprint density at radius 1 is 0.711 bits per heavy atom. The van der Waals surface area contributed by atoms with Crippen LogP contribution < -0.4 is 9.80 Å². The van der Waals surface area contributed by atoms with E-state index in [0.29, 0.717) is 22.1 Å². The fourth-order valence-corrected chi connectivity index (χ4v) is 7.27. The minimum Gasteiger partial charge on any atom is -0.507 e. The molecule has 7 rings (SSSR count). The molecule has 5 aromatic rings. The van der Waals surface area contributed by atoms with Crippen molar-refractivity contribution in [3.8, 4) is 11.5 Å². The first kappa shape index (κ1) is 28.9. The van der Waals surface area contributed by atoms with Crippen LogP contribution in [0.15, 0.2) is 78.9 Å². The first-order valence-electron chi connectivity index (χ1n) is 14.3. The Hall–Kier alpha value is -4.86. The molecule has 0 saturated carbocycles. The monoisotopic (exact) mass is 641 g/mol. The van der Waals surface area contributed by atoms with E-state index in [1.165, 1.54) is 28.0 Å². The third-order valence-corrected chi connectivity index (χ3v) is 9.52. The lowest BCUT2D eigenvalue weighted by atomic mass is 9.95. The van der Waals surface area contributed by atoms with Gasteiger partial charge < -0.3 is 20.0 Å². The lowest BCUT2D eigenvalue weighted by Crippen LogP contribution is -2.32. The number of phenols is 2. The molecule has 0 aromatic heterocycles. The van der Waals surface area contributed by atoms with Crippen molar-refractivity contribution in [3.05, 3.63) is 111 Å². The predicted molar refractivity (Wildman–Crippen MR) is 175 cm³/mol. The number of phenolic OH excluding ortho intramolecular Hbond substituents is 2. The largest absolute Gasteiger partial charge is 0.507 e. The van der Waals surface area contributed by atoms with Crippen LogP contribution in [0.5, 0.6) is 11.5 Å². The number of amides is 2. The number of hydrogen-bond donors (Lipinski definition) is 2. The number of hydrogen-bond acceptors (Lipinski definition) is 6. The van der Waals surface area contributed by atoms with Crippen molar-refractivity contribution in [3.63, 3.8) is 0 Å². The summed E-state index contributed by atoms with van der Waals surface area (Å²) in [6.07, 6.45) is 0. The molecule has 5 aromatic carbocycles. The van der Waals surface area contributed by atoms with Gasteiger partial charge in [0.15, 0.2) is 0 Å². The van der Waals surface area contributed by atoms with Gasteiger partial charge in [-0.15, -0.1) is 23.2 Å². The van der Waals surface area contributed by atoms with Crippen LogP contribution >= 0.6 is 23.2 Å². The molecule has 2 amide bonds. The van der Waals surface area contributed by atoms with Gasteiger partial charge in [-0.05, 0) is 28.0 Å². The van der Waals surface area contributed by atoms with E-state index in [1.54, 1.807) is 12.1 Å². The van der Waals surface area contributed by atoms with Gasteiger partial charge in [-0.1, -0.05) is 48.5 Å². The molecule has 2 atom stereocenters. The molecule has 0 spiro atoms. The van der Waals surface area contributed by atoms with Crippen molar-refractivity contribution < 1.29 is 24.7 Å². The molecular formula is C34H25Cl2N3O6. The summed E-state index contributed by atoms with van der Waals surface area (Å²) in [4.78, 5) is 42.4. The standard InChI is InChI=1S/C34H25Cl2N3O6/c35-14-20-16-37(27-12-29(40)23-5-1-3-7-25(23)31(20)27)33(42)18-9-19(11-22(10-18)39(44)45)34(43)38-17-21(15-36)32-26-8-4-2-6-24(26)30(41)13-28(32)38/h1-13,20-21,40-41H,14-17H2/t20-,21-/m1/s1. The van der Waals surface area contributed by atoms with E-state index in [0.717, 1.165) is 34.0 Å². The molecule has 0 fully saturated rings. The maximum absolute atomic E-state index is 14.1. The molecule has 11 heteroatoms. The van der Waals surface area contributed by atoms with Crippen LogP contribution in [-0.2, 0) is 0 Å². The van der Waals surface area contributed by atoms with Gasteiger partial charge in [-0.25, -0.2) is 0 Å². The SMILES string of the molecule is O=C(c1cc(C(=O)N2C[C@@H](CCl)c3c2cc(O)c2ccccc32)cc([N+](=O)[O-])c1)N1C[C@@H](CCl)c2c1cc(O)c1ccccc21. The number of carbonyl (C=O) groups is 2. The summed E-state index contributed by atoms with van der Waals surface area (Å²) in [7, 11) is 0. The summed E-state index contributed by atoms with van der Waals surface area (Å²) in [5, 5.41) is 36.4. The summed E-state index contributed by atoms with van der Waals surface area (Å²) in [6, 6.07) is 21.2. The first-order valence-corrected chi connectivity index (χ1v) is 15.3. The van der Waals surface area contributed by atoms with Crippen molar-refractivity contribution in [1.29, 1.82) is 0 Å². The van der Waals surface area contributed by atoms with E-state index in [-0.39, 0.29) is 59.3 Å². The lowest BCUT2D eigenvalue weighted by Gasteiger charge is -2.21. The third kappa shape index (κ3) is 4.53. The second-order valence-electron chi connectivity index (χ2n) is 11.3. The molecule has 2 aliphatic rings. The minimum atomic E-state index is -0.648. The number of benzene rings is 5. The van der Waals surface area contributed by atoms with E-state index in [1.807, 2.05) is 36.4 Å². The number of non-ortho nitro benzene ring substituents is 1. The average molecular weight is 642 g/mol. The zero-order valence-electron chi connectivity index (χ0n) is 23.6. The molecule has 0 bridgehead atoms. The third-order valence-electron chi connectivity index (χ3n) is 8.77. The highest BCUT2D eigenvalue weighted by Gasteiger charge is 2.38. The first-order chi connectivity index (χ1) is 21.7. The summed E-state index contributed by atoms with van der Waals surface area (Å²) in [5.41, 5.74) is 1.99. The zero-order chi connectivity index (χ0) is 31.6. The van der Waals surface area contributed by atoms with Crippen molar-refractivity contribution in [2.24, 2.45) is 0 Å². The Bertz CT molecular complexity index is 1950. The van der Waals surface area contributed by atoms with Gasteiger partial charge in [0.2, 0.25) is 0 Å². The molecule has 9 nitrogen and oxygen atoms in total. The highest BCUT2D eigenvalue weighted by molar-refractivity contribution is 6.20. The van der Waals surface area contributed by atoms with Gasteiger partial charge in [0, 0.05) is 82.9 Å². The Morgan fingerprint density at radius 3 is 1.49 bits per heavy atom. The normalized spacial score (nSPS) is 17.1. The quantitative estimate of drug-likeness (QED) is 0.118. The molecule has 2 N–H and O–H groups in total. The summed E-state index contributed by atoms with van der Waals surface area (Å²) >= 11 is 12.7. The Balaban J connectivity index is 1.31. The number of halogens is 2.